The van der Waals surface area contributed by atoms with Crippen molar-refractivity contribution in [2.45, 2.75) is 16.7 Å². The Labute approximate surface area is 199 Å². The fraction of sp³-hybridized carbons (Fsp3) is 0.0870. The molecule has 1 amide bonds. The van der Waals surface area contributed by atoms with E-state index in [9.17, 15) is 9.36 Å². The molecule has 9 nitrogen and oxygen atoms in total. The monoisotopic (exact) mass is 496 g/mol. The molecule has 0 atom stereocenters. The van der Waals surface area contributed by atoms with Gasteiger partial charge in [-0.3, -0.25) is 14.9 Å². The Morgan fingerprint density at radius 3 is 2.71 bits per heavy atom. The first-order valence-corrected chi connectivity index (χ1v) is 12.4. The van der Waals surface area contributed by atoms with Gasteiger partial charge in [-0.2, -0.15) is 9.72 Å². The highest BCUT2D eigenvalue weighted by molar-refractivity contribution is 7.99. The minimum absolute atomic E-state index is 0.268. The van der Waals surface area contributed by atoms with Crippen LogP contribution in [0.2, 0.25) is 0 Å². The van der Waals surface area contributed by atoms with Crippen LogP contribution in [0.4, 0.5) is 0 Å². The van der Waals surface area contributed by atoms with Crippen LogP contribution in [0.25, 0.3) is 23.1 Å². The molecule has 0 saturated heterocycles. The number of hydrogen-bond acceptors (Lipinski definition) is 6. The van der Waals surface area contributed by atoms with Crippen LogP contribution in [-0.4, -0.2) is 43.0 Å². The van der Waals surface area contributed by atoms with Crippen molar-refractivity contribution in [3.8, 4) is 0 Å². The maximum absolute atomic E-state index is 12.8. The lowest BCUT2D eigenvalue weighted by molar-refractivity contribution is -0.0349. The van der Waals surface area contributed by atoms with E-state index >= 15 is 0 Å². The molecule has 2 aromatic heterocycles. The van der Waals surface area contributed by atoms with Gasteiger partial charge in [0.05, 0.1) is 22.5 Å². The number of hydroxylamine groups is 2. The van der Waals surface area contributed by atoms with Crippen molar-refractivity contribution >= 4 is 48.5 Å². The van der Waals surface area contributed by atoms with Gasteiger partial charge in [0.2, 0.25) is 0 Å². The predicted octanol–water partition coefficient (Wildman–Crippen LogP) is 4.68. The van der Waals surface area contributed by atoms with Crippen LogP contribution in [-0.2, 0) is 9.19 Å². The van der Waals surface area contributed by atoms with Gasteiger partial charge in [-0.1, -0.05) is 30.0 Å². The van der Waals surface area contributed by atoms with Gasteiger partial charge in [-0.15, -0.1) is 0 Å². The third kappa shape index (κ3) is 5.61. The summed E-state index contributed by atoms with van der Waals surface area (Å²) in [4.78, 5) is 36.6. The second-order valence-corrected chi connectivity index (χ2v) is 9.56. The summed E-state index contributed by atoms with van der Waals surface area (Å²) in [6, 6.07) is 16.6. The molecule has 0 saturated carbocycles. The molecule has 0 bridgehead atoms. The summed E-state index contributed by atoms with van der Waals surface area (Å²) in [5, 5.41) is 8.90. The van der Waals surface area contributed by atoms with Gasteiger partial charge in [0, 0.05) is 28.4 Å². The largest absolute Gasteiger partial charge is 0.491 e. The van der Waals surface area contributed by atoms with Crippen molar-refractivity contribution in [3.63, 3.8) is 0 Å². The van der Waals surface area contributed by atoms with Crippen molar-refractivity contribution in [1.82, 2.24) is 20.2 Å². The first-order chi connectivity index (χ1) is 16.2. The maximum atomic E-state index is 12.8. The number of fused-ring (bicyclic) bond motifs is 1. The molecular weight excluding hydrogens is 475 g/mol. The molecule has 34 heavy (non-hydrogen) atoms. The number of rotatable bonds is 7. The number of carbonyl (C=O) groups is 1. The lowest BCUT2D eigenvalue weighted by atomic mass is 10.1. The zero-order valence-electron chi connectivity index (χ0n) is 18.2. The lowest BCUT2D eigenvalue weighted by Crippen LogP contribution is -2.26. The Balaban J connectivity index is 1.60. The maximum Gasteiger partial charge on any atom is 0.491 e. The average Bonchev–Trinajstić information content (AvgIpc) is 3.20. The van der Waals surface area contributed by atoms with E-state index in [2.05, 4.69) is 19.8 Å². The van der Waals surface area contributed by atoms with Gasteiger partial charge >= 0.3 is 7.82 Å². The van der Waals surface area contributed by atoms with Gasteiger partial charge in [-0.05, 0) is 61.0 Å². The molecule has 0 aliphatic heterocycles. The first kappa shape index (κ1) is 23.9. The van der Waals surface area contributed by atoms with Gasteiger partial charge in [-0.25, -0.2) is 9.63 Å². The van der Waals surface area contributed by atoms with Crippen molar-refractivity contribution < 1.29 is 23.8 Å². The molecule has 11 heteroatoms. The van der Waals surface area contributed by atoms with E-state index < -0.39 is 13.7 Å². The summed E-state index contributed by atoms with van der Waals surface area (Å²) in [6.07, 6.45) is 5.51. The molecule has 0 aliphatic carbocycles. The molecule has 0 aliphatic rings. The van der Waals surface area contributed by atoms with E-state index in [0.717, 1.165) is 39.8 Å². The Morgan fingerprint density at radius 2 is 1.97 bits per heavy atom. The summed E-state index contributed by atoms with van der Waals surface area (Å²) in [5.41, 5.74) is 3.54. The van der Waals surface area contributed by atoms with Crippen molar-refractivity contribution in [3.05, 3.63) is 83.3 Å². The van der Waals surface area contributed by atoms with Crippen LogP contribution < -0.4 is 0 Å². The molecule has 0 unspecified atom stereocenters. The topological polar surface area (TPSA) is 129 Å². The Bertz CT molecular complexity index is 1420. The SMILES string of the molecule is Cc1cccc(C(=O)N(C)OP(=O)(O)O)c1Sc1ccc2c(/C=C/c3ccccn3)n[nH]c2c1. The number of benzene rings is 2. The predicted molar refractivity (Wildman–Crippen MR) is 130 cm³/mol. The number of aromatic nitrogens is 3. The molecule has 0 radical (unpaired) electrons. The third-order valence-electron chi connectivity index (χ3n) is 4.84. The molecule has 0 fully saturated rings. The summed E-state index contributed by atoms with van der Waals surface area (Å²) in [6.45, 7) is 1.86. The number of hydrogen-bond donors (Lipinski definition) is 3. The van der Waals surface area contributed by atoms with Gasteiger partial charge in [0.15, 0.2) is 0 Å². The standard InChI is InChI=1S/C23H21N4O5PS/c1-15-6-5-8-19(23(28)27(2)32-33(29,30)31)22(15)34-17-10-11-18-20(25-26-21(18)14-17)12-9-16-7-3-4-13-24-16/h3-14H,1-2H3,(H,25,26)(H2,29,30,31)/b12-9+. The van der Waals surface area contributed by atoms with E-state index in [1.165, 1.54) is 11.8 Å². The molecule has 3 N–H and O–H groups in total. The second-order valence-electron chi connectivity index (χ2n) is 7.33. The smallest absolute Gasteiger partial charge is 0.301 e. The van der Waals surface area contributed by atoms with E-state index in [1.54, 1.807) is 18.3 Å². The fourth-order valence-corrected chi connectivity index (χ4v) is 4.73. The summed E-state index contributed by atoms with van der Waals surface area (Å²) in [5.74, 6) is -0.668. The molecule has 2 aromatic carbocycles. The van der Waals surface area contributed by atoms with Crippen molar-refractivity contribution in [1.29, 1.82) is 0 Å². The second kappa shape index (κ2) is 9.92. The third-order valence-corrected chi connectivity index (χ3v) is 6.53. The highest BCUT2D eigenvalue weighted by Gasteiger charge is 2.25. The number of phosphoric acid groups is 1. The number of carbonyl (C=O) groups excluding carboxylic acids is 1. The van der Waals surface area contributed by atoms with Gasteiger partial charge in [0.1, 0.15) is 0 Å². The van der Waals surface area contributed by atoms with Crippen LogP contribution in [0.5, 0.6) is 0 Å². The van der Waals surface area contributed by atoms with E-state index in [0.29, 0.717) is 9.96 Å². The van der Waals surface area contributed by atoms with E-state index in [1.807, 2.05) is 61.5 Å². The number of nitrogens with zero attached hydrogens (tertiary/aromatic N) is 3. The van der Waals surface area contributed by atoms with Gasteiger partial charge in [0.25, 0.3) is 5.91 Å². The number of nitrogens with one attached hydrogen (secondary N) is 1. The number of aromatic amines is 1. The number of pyridine rings is 1. The Hall–Kier alpha value is -3.27. The summed E-state index contributed by atoms with van der Waals surface area (Å²) >= 11 is 1.37. The minimum Gasteiger partial charge on any atom is -0.301 e. The zero-order valence-corrected chi connectivity index (χ0v) is 20.0. The quantitative estimate of drug-likeness (QED) is 0.248. The van der Waals surface area contributed by atoms with Crippen LogP contribution in [0.3, 0.4) is 0 Å². The van der Waals surface area contributed by atoms with Crippen molar-refractivity contribution in [2.24, 2.45) is 0 Å². The number of amides is 1. The lowest BCUT2D eigenvalue weighted by Gasteiger charge is -2.19. The van der Waals surface area contributed by atoms with Crippen LogP contribution in [0, 0.1) is 6.92 Å². The Kier molecular flexibility index (Phi) is 6.97. The summed E-state index contributed by atoms with van der Waals surface area (Å²) < 4.78 is 15.6. The molecule has 4 rings (SSSR count). The Morgan fingerprint density at radius 1 is 1.15 bits per heavy atom. The number of H-pyrrole nitrogens is 1. The van der Waals surface area contributed by atoms with E-state index in [4.69, 9.17) is 9.79 Å². The van der Waals surface area contributed by atoms with Gasteiger partial charge < -0.3 is 9.79 Å². The summed E-state index contributed by atoms with van der Waals surface area (Å²) in [7, 11) is -3.70. The molecule has 174 valence electrons. The highest BCUT2D eigenvalue weighted by atomic mass is 32.2. The highest BCUT2D eigenvalue weighted by Crippen LogP contribution is 2.39. The van der Waals surface area contributed by atoms with Crippen molar-refractivity contribution in [2.75, 3.05) is 7.05 Å². The normalized spacial score (nSPS) is 11.9. The van der Waals surface area contributed by atoms with Crippen LogP contribution in [0.15, 0.2) is 70.6 Å². The molecular formula is C23H21N4O5PS. The number of aryl methyl sites for hydroxylation is 1. The van der Waals surface area contributed by atoms with Crippen LogP contribution >= 0.6 is 19.6 Å². The molecule has 2 heterocycles. The van der Waals surface area contributed by atoms with Crippen LogP contribution in [0.1, 0.15) is 27.3 Å². The first-order valence-electron chi connectivity index (χ1n) is 10.1. The van der Waals surface area contributed by atoms with E-state index in [-0.39, 0.29) is 5.56 Å². The minimum atomic E-state index is -4.86. The fourth-order valence-electron chi connectivity index (χ4n) is 3.29. The molecule has 4 aromatic rings. The zero-order chi connectivity index (χ0) is 24.3. The average molecular weight is 496 g/mol. The molecule has 0 spiro atoms.